The van der Waals surface area contributed by atoms with Crippen molar-refractivity contribution < 1.29 is 13.9 Å². The van der Waals surface area contributed by atoms with Gasteiger partial charge in [-0.1, -0.05) is 0 Å². The quantitative estimate of drug-likeness (QED) is 0.690. The molecular formula is C21H19FN4O2. The summed E-state index contributed by atoms with van der Waals surface area (Å²) in [6.45, 7) is 1.27. The Kier molecular flexibility index (Phi) is 5.23. The summed E-state index contributed by atoms with van der Waals surface area (Å²) in [6, 6.07) is 9.26. The first-order valence-corrected chi connectivity index (χ1v) is 9.14. The van der Waals surface area contributed by atoms with E-state index in [0.717, 1.165) is 18.5 Å². The first kappa shape index (κ1) is 18.0. The van der Waals surface area contributed by atoms with Gasteiger partial charge in [-0.05, 0) is 49.2 Å². The molecule has 1 aliphatic rings. The van der Waals surface area contributed by atoms with E-state index in [4.69, 9.17) is 4.74 Å². The second kappa shape index (κ2) is 8.12. The van der Waals surface area contributed by atoms with Gasteiger partial charge in [0.1, 0.15) is 17.3 Å². The van der Waals surface area contributed by atoms with Crippen molar-refractivity contribution in [2.24, 2.45) is 0 Å². The average Bonchev–Trinajstić information content (AvgIpc) is 2.76. The molecule has 2 aromatic heterocycles. The Morgan fingerprint density at radius 1 is 0.964 bits per heavy atom. The molecule has 1 aliphatic heterocycles. The monoisotopic (exact) mass is 378 g/mol. The molecule has 1 fully saturated rings. The summed E-state index contributed by atoms with van der Waals surface area (Å²) in [4.78, 5) is 27.2. The largest absolute Gasteiger partial charge is 0.437 e. The van der Waals surface area contributed by atoms with Crippen LogP contribution < -0.4 is 4.74 Å². The van der Waals surface area contributed by atoms with E-state index in [-0.39, 0.29) is 17.6 Å². The Labute approximate surface area is 162 Å². The highest BCUT2D eigenvalue weighted by Crippen LogP contribution is 2.33. The minimum absolute atomic E-state index is 0.0165. The van der Waals surface area contributed by atoms with Crippen molar-refractivity contribution in [3.05, 3.63) is 78.3 Å². The fourth-order valence-corrected chi connectivity index (χ4v) is 3.34. The maximum Gasteiger partial charge on any atom is 0.253 e. The highest BCUT2D eigenvalue weighted by molar-refractivity contribution is 5.94. The average molecular weight is 378 g/mol. The van der Waals surface area contributed by atoms with Gasteiger partial charge in [0.25, 0.3) is 5.91 Å². The van der Waals surface area contributed by atoms with Crippen molar-refractivity contribution in [2.75, 3.05) is 13.1 Å². The Balaban J connectivity index is 1.45. The van der Waals surface area contributed by atoms with E-state index in [1.807, 2.05) is 4.90 Å². The van der Waals surface area contributed by atoms with E-state index in [1.165, 1.54) is 12.1 Å². The number of likely N-dealkylation sites (tertiary alicyclic amines) is 1. The summed E-state index contributed by atoms with van der Waals surface area (Å²) in [5, 5.41) is 0. The molecule has 6 nitrogen and oxygen atoms in total. The number of halogens is 1. The van der Waals surface area contributed by atoms with Crippen LogP contribution >= 0.6 is 0 Å². The first-order chi connectivity index (χ1) is 13.7. The van der Waals surface area contributed by atoms with Gasteiger partial charge in [0, 0.05) is 49.4 Å². The molecule has 0 bridgehead atoms. The number of benzene rings is 1. The number of aromatic nitrogens is 3. The van der Waals surface area contributed by atoms with Crippen LogP contribution in [0.1, 0.15) is 34.8 Å². The van der Waals surface area contributed by atoms with Crippen LogP contribution in [0.15, 0.2) is 61.2 Å². The number of nitrogens with zero attached hydrogens (tertiary/aromatic N) is 4. The SMILES string of the molecule is O=C(c1ccncc1)N1CCC(c2nccnc2Oc2ccc(F)cc2)CC1. The van der Waals surface area contributed by atoms with E-state index in [9.17, 15) is 9.18 Å². The molecule has 28 heavy (non-hydrogen) atoms. The molecule has 0 atom stereocenters. The molecule has 4 rings (SSSR count). The standard InChI is InChI=1S/C21H19FN4O2/c22-17-1-3-18(4-2-17)28-20-19(24-11-12-25-20)15-7-13-26(14-8-15)21(27)16-5-9-23-10-6-16/h1-6,9-12,15H,7-8,13-14H2. The molecule has 3 heterocycles. The lowest BCUT2D eigenvalue weighted by atomic mass is 9.93. The van der Waals surface area contributed by atoms with Gasteiger partial charge >= 0.3 is 0 Å². The second-order valence-corrected chi connectivity index (χ2v) is 6.61. The van der Waals surface area contributed by atoms with Crippen LogP contribution in [-0.4, -0.2) is 38.8 Å². The van der Waals surface area contributed by atoms with E-state index >= 15 is 0 Å². The Morgan fingerprint density at radius 2 is 1.64 bits per heavy atom. The van der Waals surface area contributed by atoms with E-state index in [0.29, 0.717) is 30.3 Å². The minimum atomic E-state index is -0.321. The van der Waals surface area contributed by atoms with Gasteiger partial charge in [0.2, 0.25) is 5.88 Å². The van der Waals surface area contributed by atoms with Crippen LogP contribution in [0.2, 0.25) is 0 Å². The third-order valence-corrected chi connectivity index (χ3v) is 4.82. The minimum Gasteiger partial charge on any atom is -0.437 e. The number of carbonyl (C=O) groups is 1. The number of ether oxygens (including phenoxy) is 1. The number of rotatable bonds is 4. The molecule has 0 radical (unpaired) electrons. The van der Waals surface area contributed by atoms with E-state index in [2.05, 4.69) is 15.0 Å². The van der Waals surface area contributed by atoms with Crippen molar-refractivity contribution in [1.29, 1.82) is 0 Å². The van der Waals surface area contributed by atoms with Crippen LogP contribution in [-0.2, 0) is 0 Å². The predicted octanol–water partition coefficient (Wildman–Crippen LogP) is 3.82. The second-order valence-electron chi connectivity index (χ2n) is 6.61. The molecule has 0 spiro atoms. The van der Waals surface area contributed by atoms with Crippen LogP contribution in [0.25, 0.3) is 0 Å². The van der Waals surface area contributed by atoms with Gasteiger partial charge in [-0.25, -0.2) is 9.37 Å². The van der Waals surface area contributed by atoms with Crippen LogP contribution in [0.4, 0.5) is 4.39 Å². The highest BCUT2D eigenvalue weighted by atomic mass is 19.1. The summed E-state index contributed by atoms with van der Waals surface area (Å²) in [6.07, 6.45) is 8.01. The number of piperidine rings is 1. The zero-order valence-corrected chi connectivity index (χ0v) is 15.2. The van der Waals surface area contributed by atoms with Gasteiger partial charge in [-0.15, -0.1) is 0 Å². The molecule has 0 unspecified atom stereocenters. The number of amides is 1. The predicted molar refractivity (Wildman–Crippen MR) is 101 cm³/mol. The lowest BCUT2D eigenvalue weighted by Crippen LogP contribution is -2.38. The Bertz CT molecular complexity index is 942. The number of pyridine rings is 1. The molecule has 1 saturated heterocycles. The maximum absolute atomic E-state index is 13.1. The van der Waals surface area contributed by atoms with Crippen molar-refractivity contribution in [3.63, 3.8) is 0 Å². The summed E-state index contributed by atoms with van der Waals surface area (Å²) in [7, 11) is 0. The topological polar surface area (TPSA) is 68.2 Å². The molecule has 142 valence electrons. The first-order valence-electron chi connectivity index (χ1n) is 9.14. The fourth-order valence-electron chi connectivity index (χ4n) is 3.34. The molecular weight excluding hydrogens is 359 g/mol. The van der Waals surface area contributed by atoms with Crippen LogP contribution in [0.5, 0.6) is 11.6 Å². The van der Waals surface area contributed by atoms with Gasteiger partial charge in [-0.3, -0.25) is 14.8 Å². The third-order valence-electron chi connectivity index (χ3n) is 4.82. The molecule has 3 aromatic rings. The lowest BCUT2D eigenvalue weighted by Gasteiger charge is -2.32. The summed E-state index contributed by atoms with van der Waals surface area (Å²) in [5.41, 5.74) is 1.41. The highest BCUT2D eigenvalue weighted by Gasteiger charge is 2.27. The number of carbonyl (C=O) groups excluding carboxylic acids is 1. The molecule has 7 heteroatoms. The summed E-state index contributed by atoms with van der Waals surface area (Å²) >= 11 is 0. The van der Waals surface area contributed by atoms with Gasteiger partial charge in [0.05, 0.1) is 0 Å². The Hall–Kier alpha value is -3.35. The summed E-state index contributed by atoms with van der Waals surface area (Å²) in [5.74, 6) is 0.771. The van der Waals surface area contributed by atoms with Crippen LogP contribution in [0, 0.1) is 5.82 Å². The van der Waals surface area contributed by atoms with Gasteiger partial charge in [-0.2, -0.15) is 0 Å². The number of hydrogen-bond donors (Lipinski definition) is 0. The van der Waals surface area contributed by atoms with E-state index < -0.39 is 0 Å². The van der Waals surface area contributed by atoms with Gasteiger partial charge in [0.15, 0.2) is 0 Å². The maximum atomic E-state index is 13.1. The van der Waals surface area contributed by atoms with Crippen molar-refractivity contribution >= 4 is 5.91 Å². The smallest absolute Gasteiger partial charge is 0.253 e. The van der Waals surface area contributed by atoms with Crippen molar-refractivity contribution in [2.45, 2.75) is 18.8 Å². The van der Waals surface area contributed by atoms with Crippen molar-refractivity contribution in [3.8, 4) is 11.6 Å². The molecule has 1 amide bonds. The van der Waals surface area contributed by atoms with Crippen LogP contribution in [0.3, 0.4) is 0 Å². The summed E-state index contributed by atoms with van der Waals surface area (Å²) < 4.78 is 18.9. The zero-order chi connectivity index (χ0) is 19.3. The molecule has 0 N–H and O–H groups in total. The molecule has 0 aliphatic carbocycles. The third kappa shape index (κ3) is 3.98. The molecule has 0 saturated carbocycles. The molecule has 1 aromatic carbocycles. The zero-order valence-electron chi connectivity index (χ0n) is 15.2. The van der Waals surface area contributed by atoms with Crippen molar-refractivity contribution in [1.82, 2.24) is 19.9 Å². The lowest BCUT2D eigenvalue weighted by molar-refractivity contribution is 0.0711. The Morgan fingerprint density at radius 3 is 2.36 bits per heavy atom. The van der Waals surface area contributed by atoms with E-state index in [1.54, 1.807) is 49.1 Å². The fraction of sp³-hybridized carbons (Fsp3) is 0.238. The van der Waals surface area contributed by atoms with Gasteiger partial charge < -0.3 is 9.64 Å². The normalized spacial score (nSPS) is 14.7. The number of hydrogen-bond acceptors (Lipinski definition) is 5.